The standard InChI is InChI=1S/C14H22N2O3/c1-6-11(7-19-5)16-14(18)13-8(2)12(10(4)17)9(3)15-13/h11,15H,6-7H2,1-5H3,(H,16,18)/t11-/m0/s1. The van der Waals surface area contributed by atoms with Crippen molar-refractivity contribution in [2.24, 2.45) is 0 Å². The Bertz CT molecular complexity index is 477. The van der Waals surface area contributed by atoms with E-state index in [4.69, 9.17) is 4.74 Å². The van der Waals surface area contributed by atoms with Crippen LogP contribution >= 0.6 is 0 Å². The zero-order valence-electron chi connectivity index (χ0n) is 12.2. The molecule has 5 heteroatoms. The maximum atomic E-state index is 12.2. The van der Waals surface area contributed by atoms with Gasteiger partial charge in [-0.05, 0) is 32.8 Å². The Morgan fingerprint density at radius 2 is 2.00 bits per heavy atom. The molecule has 2 N–H and O–H groups in total. The number of carbonyl (C=O) groups excluding carboxylic acids is 2. The maximum absolute atomic E-state index is 12.2. The number of ether oxygens (including phenoxy) is 1. The van der Waals surface area contributed by atoms with E-state index in [1.54, 1.807) is 21.0 Å². The summed E-state index contributed by atoms with van der Waals surface area (Å²) in [6.45, 7) is 7.54. The number of carbonyl (C=O) groups is 2. The van der Waals surface area contributed by atoms with E-state index in [1.807, 2.05) is 6.92 Å². The van der Waals surface area contributed by atoms with Gasteiger partial charge >= 0.3 is 0 Å². The number of Topliss-reactive ketones (excluding diaryl/α,β-unsaturated/α-hetero) is 1. The second kappa shape index (κ2) is 6.52. The topological polar surface area (TPSA) is 71.2 Å². The summed E-state index contributed by atoms with van der Waals surface area (Å²) < 4.78 is 5.05. The highest BCUT2D eigenvalue weighted by molar-refractivity contribution is 6.02. The molecule has 1 amide bonds. The van der Waals surface area contributed by atoms with E-state index in [9.17, 15) is 9.59 Å². The van der Waals surface area contributed by atoms with Crippen molar-refractivity contribution in [3.63, 3.8) is 0 Å². The summed E-state index contributed by atoms with van der Waals surface area (Å²) in [7, 11) is 1.60. The van der Waals surface area contributed by atoms with Crippen LogP contribution in [0.4, 0.5) is 0 Å². The molecule has 0 aliphatic heterocycles. The lowest BCUT2D eigenvalue weighted by molar-refractivity contribution is 0.0889. The minimum Gasteiger partial charge on any atom is -0.383 e. The molecular formula is C14H22N2O3. The van der Waals surface area contributed by atoms with Crippen LogP contribution in [0, 0.1) is 13.8 Å². The molecule has 19 heavy (non-hydrogen) atoms. The van der Waals surface area contributed by atoms with E-state index in [-0.39, 0.29) is 17.7 Å². The number of hydrogen-bond acceptors (Lipinski definition) is 3. The fourth-order valence-corrected chi connectivity index (χ4v) is 2.23. The fourth-order valence-electron chi connectivity index (χ4n) is 2.23. The molecule has 1 aromatic rings. The Balaban J connectivity index is 2.95. The molecule has 0 radical (unpaired) electrons. The first-order chi connectivity index (χ1) is 8.92. The van der Waals surface area contributed by atoms with Gasteiger partial charge in [-0.1, -0.05) is 6.92 Å². The third-order valence-corrected chi connectivity index (χ3v) is 3.21. The molecule has 1 rings (SSSR count). The third kappa shape index (κ3) is 3.44. The van der Waals surface area contributed by atoms with Gasteiger partial charge in [0.2, 0.25) is 0 Å². The summed E-state index contributed by atoms with van der Waals surface area (Å²) in [5.74, 6) is -0.230. The number of amides is 1. The second-order valence-corrected chi connectivity index (χ2v) is 4.72. The van der Waals surface area contributed by atoms with Gasteiger partial charge in [0.25, 0.3) is 5.91 Å². The van der Waals surface area contributed by atoms with Gasteiger partial charge < -0.3 is 15.0 Å². The van der Waals surface area contributed by atoms with E-state index >= 15 is 0 Å². The van der Waals surface area contributed by atoms with Crippen LogP contribution in [0.3, 0.4) is 0 Å². The summed E-state index contributed by atoms with van der Waals surface area (Å²) in [5.41, 5.74) is 2.49. The third-order valence-electron chi connectivity index (χ3n) is 3.21. The molecule has 0 bridgehead atoms. The highest BCUT2D eigenvalue weighted by Crippen LogP contribution is 2.18. The number of aromatic nitrogens is 1. The minimum absolute atomic E-state index is 0.0266. The lowest BCUT2D eigenvalue weighted by atomic mass is 10.1. The number of H-pyrrole nitrogens is 1. The monoisotopic (exact) mass is 266 g/mol. The summed E-state index contributed by atoms with van der Waals surface area (Å²) in [4.78, 5) is 26.7. The van der Waals surface area contributed by atoms with Crippen LogP contribution in [0.2, 0.25) is 0 Å². The van der Waals surface area contributed by atoms with Crippen LogP contribution in [-0.2, 0) is 4.74 Å². The van der Waals surface area contributed by atoms with Crippen LogP contribution in [-0.4, -0.2) is 36.4 Å². The number of aryl methyl sites for hydroxylation is 1. The molecule has 1 heterocycles. The Hall–Kier alpha value is -1.62. The maximum Gasteiger partial charge on any atom is 0.268 e. The first-order valence-electron chi connectivity index (χ1n) is 6.42. The van der Waals surface area contributed by atoms with Gasteiger partial charge in [0.1, 0.15) is 5.69 Å². The van der Waals surface area contributed by atoms with E-state index in [0.29, 0.717) is 23.4 Å². The van der Waals surface area contributed by atoms with Crippen LogP contribution in [0.25, 0.3) is 0 Å². The first kappa shape index (κ1) is 15.4. The lowest BCUT2D eigenvalue weighted by Gasteiger charge is -2.15. The van der Waals surface area contributed by atoms with Crippen molar-refractivity contribution in [1.82, 2.24) is 10.3 Å². The Morgan fingerprint density at radius 3 is 2.42 bits per heavy atom. The van der Waals surface area contributed by atoms with Gasteiger partial charge in [-0.25, -0.2) is 0 Å². The molecule has 0 fully saturated rings. The molecule has 1 aromatic heterocycles. The van der Waals surface area contributed by atoms with Crippen molar-refractivity contribution < 1.29 is 14.3 Å². The predicted octanol–water partition coefficient (Wildman–Crippen LogP) is 1.99. The normalized spacial score (nSPS) is 12.3. The first-order valence-corrected chi connectivity index (χ1v) is 6.42. The number of rotatable bonds is 6. The molecule has 0 spiro atoms. The molecule has 0 aliphatic rings. The highest BCUT2D eigenvalue weighted by atomic mass is 16.5. The molecule has 0 saturated carbocycles. The minimum atomic E-state index is -0.197. The van der Waals surface area contributed by atoms with E-state index in [0.717, 1.165) is 12.1 Å². The molecule has 106 valence electrons. The van der Waals surface area contributed by atoms with Crippen LogP contribution < -0.4 is 5.32 Å². The zero-order chi connectivity index (χ0) is 14.6. The number of ketones is 1. The van der Waals surface area contributed by atoms with Gasteiger partial charge in [0, 0.05) is 18.4 Å². The number of nitrogens with one attached hydrogen (secondary N) is 2. The van der Waals surface area contributed by atoms with Crippen molar-refractivity contribution in [3.05, 3.63) is 22.5 Å². The average Bonchev–Trinajstić information content (AvgIpc) is 2.64. The fraction of sp³-hybridized carbons (Fsp3) is 0.571. The molecule has 0 aliphatic carbocycles. The smallest absolute Gasteiger partial charge is 0.268 e. The predicted molar refractivity (Wildman–Crippen MR) is 73.7 cm³/mol. The second-order valence-electron chi connectivity index (χ2n) is 4.72. The van der Waals surface area contributed by atoms with Gasteiger partial charge in [0.15, 0.2) is 5.78 Å². The van der Waals surface area contributed by atoms with Crippen LogP contribution in [0.15, 0.2) is 0 Å². The van der Waals surface area contributed by atoms with Crippen LogP contribution in [0.1, 0.15) is 52.4 Å². The largest absolute Gasteiger partial charge is 0.383 e. The SMILES string of the molecule is CC[C@@H](COC)NC(=O)c1[nH]c(C)c(C(C)=O)c1C. The van der Waals surface area contributed by atoms with E-state index < -0.39 is 0 Å². The van der Waals surface area contributed by atoms with Crippen molar-refractivity contribution in [2.75, 3.05) is 13.7 Å². The van der Waals surface area contributed by atoms with Crippen molar-refractivity contribution in [2.45, 2.75) is 40.2 Å². The highest BCUT2D eigenvalue weighted by Gasteiger charge is 2.21. The Kier molecular flexibility index (Phi) is 5.30. The summed E-state index contributed by atoms with van der Waals surface area (Å²) >= 11 is 0. The molecule has 0 saturated heterocycles. The Labute approximate surface area is 113 Å². The van der Waals surface area contributed by atoms with E-state index in [2.05, 4.69) is 10.3 Å². The van der Waals surface area contributed by atoms with Gasteiger partial charge in [-0.2, -0.15) is 0 Å². The van der Waals surface area contributed by atoms with Gasteiger partial charge in [-0.3, -0.25) is 9.59 Å². The summed E-state index contributed by atoms with van der Waals surface area (Å²) in [5, 5.41) is 2.90. The molecule has 0 aromatic carbocycles. The molecular weight excluding hydrogens is 244 g/mol. The number of aromatic amines is 1. The van der Waals surface area contributed by atoms with Crippen LogP contribution in [0.5, 0.6) is 0 Å². The van der Waals surface area contributed by atoms with Crippen molar-refractivity contribution in [1.29, 1.82) is 0 Å². The van der Waals surface area contributed by atoms with Gasteiger partial charge in [0.05, 0.1) is 12.6 Å². The number of hydrogen-bond donors (Lipinski definition) is 2. The Morgan fingerprint density at radius 1 is 1.37 bits per heavy atom. The van der Waals surface area contributed by atoms with Gasteiger partial charge in [-0.15, -0.1) is 0 Å². The molecule has 1 atom stereocenters. The summed E-state index contributed by atoms with van der Waals surface area (Å²) in [6.07, 6.45) is 0.790. The zero-order valence-corrected chi connectivity index (χ0v) is 12.2. The molecule has 5 nitrogen and oxygen atoms in total. The lowest BCUT2D eigenvalue weighted by Crippen LogP contribution is -2.38. The molecule has 0 unspecified atom stereocenters. The summed E-state index contributed by atoms with van der Waals surface area (Å²) in [6, 6.07) is -0.0266. The number of methoxy groups -OCH3 is 1. The van der Waals surface area contributed by atoms with Crippen molar-refractivity contribution >= 4 is 11.7 Å². The quantitative estimate of drug-likeness (QED) is 0.773. The average molecular weight is 266 g/mol. The van der Waals surface area contributed by atoms with Crippen molar-refractivity contribution in [3.8, 4) is 0 Å². The van der Waals surface area contributed by atoms with E-state index in [1.165, 1.54) is 6.92 Å².